The number of hydrogen-bond donors (Lipinski definition) is 1. The number of carbonyl (C=O) groups excluding carboxylic acids is 1. The van der Waals surface area contributed by atoms with Crippen LogP contribution in [0, 0.1) is 5.82 Å². The largest absolute Gasteiger partial charge is 0.481 e. The number of unbranched alkanes of at least 4 members (excludes halogenated alkanes) is 1. The minimum atomic E-state index is -0.855. The van der Waals surface area contributed by atoms with Crippen LogP contribution in [0.1, 0.15) is 31.2 Å². The van der Waals surface area contributed by atoms with Crippen molar-refractivity contribution >= 4 is 11.8 Å². The van der Waals surface area contributed by atoms with E-state index in [1.807, 2.05) is 0 Å². The highest BCUT2D eigenvalue weighted by atomic mass is 19.1. The third-order valence-corrected chi connectivity index (χ3v) is 2.44. The highest BCUT2D eigenvalue weighted by Gasteiger charge is 2.07. The maximum Gasteiger partial charge on any atom is 0.303 e. The SMILES string of the molecule is O=C(O)CCCCC(=O)Cc1ccccc1F. The zero-order valence-corrected chi connectivity index (χ0v) is 9.49. The van der Waals surface area contributed by atoms with Gasteiger partial charge in [0, 0.05) is 19.3 Å². The van der Waals surface area contributed by atoms with Crippen molar-refractivity contribution in [3.63, 3.8) is 0 Å². The molecule has 17 heavy (non-hydrogen) atoms. The Bertz CT molecular complexity index is 401. The molecular weight excluding hydrogens is 223 g/mol. The number of Topliss-reactive ketones (excluding diaryl/α,β-unsaturated/α-hetero) is 1. The summed E-state index contributed by atoms with van der Waals surface area (Å²) in [5.41, 5.74) is 0.399. The fraction of sp³-hybridized carbons (Fsp3) is 0.385. The number of halogens is 1. The molecule has 3 nitrogen and oxygen atoms in total. The molecule has 0 heterocycles. The third-order valence-electron chi connectivity index (χ3n) is 2.44. The van der Waals surface area contributed by atoms with Crippen LogP contribution in [0.15, 0.2) is 24.3 Å². The lowest BCUT2D eigenvalue weighted by Crippen LogP contribution is -2.04. The zero-order chi connectivity index (χ0) is 12.7. The van der Waals surface area contributed by atoms with E-state index in [9.17, 15) is 14.0 Å². The Labute approximate surface area is 99.3 Å². The molecule has 0 aliphatic rings. The molecule has 0 aliphatic heterocycles. The van der Waals surface area contributed by atoms with Gasteiger partial charge in [-0.3, -0.25) is 9.59 Å². The fourth-order valence-electron chi connectivity index (χ4n) is 1.54. The van der Waals surface area contributed by atoms with Crippen LogP contribution in [-0.4, -0.2) is 16.9 Å². The molecule has 0 bridgehead atoms. The van der Waals surface area contributed by atoms with Gasteiger partial charge in [0.1, 0.15) is 11.6 Å². The molecule has 0 aromatic heterocycles. The van der Waals surface area contributed by atoms with E-state index in [1.54, 1.807) is 18.2 Å². The molecule has 0 aliphatic carbocycles. The van der Waals surface area contributed by atoms with E-state index in [2.05, 4.69) is 0 Å². The molecule has 1 N–H and O–H groups in total. The van der Waals surface area contributed by atoms with Gasteiger partial charge >= 0.3 is 5.97 Å². The van der Waals surface area contributed by atoms with Crippen LogP contribution in [0.2, 0.25) is 0 Å². The van der Waals surface area contributed by atoms with E-state index in [0.717, 1.165) is 0 Å². The van der Waals surface area contributed by atoms with Crippen LogP contribution in [0.3, 0.4) is 0 Å². The van der Waals surface area contributed by atoms with Crippen molar-refractivity contribution in [2.75, 3.05) is 0 Å². The quantitative estimate of drug-likeness (QED) is 0.743. The fourth-order valence-corrected chi connectivity index (χ4v) is 1.54. The predicted octanol–water partition coefficient (Wildman–Crippen LogP) is 2.58. The molecule has 1 aromatic carbocycles. The minimum absolute atomic E-state index is 0.0551. The average molecular weight is 238 g/mol. The van der Waals surface area contributed by atoms with Crippen molar-refractivity contribution < 1.29 is 19.1 Å². The van der Waals surface area contributed by atoms with E-state index in [-0.39, 0.29) is 24.4 Å². The number of aliphatic carboxylic acids is 1. The monoisotopic (exact) mass is 238 g/mol. The Morgan fingerprint density at radius 1 is 1.12 bits per heavy atom. The van der Waals surface area contributed by atoms with Crippen LogP contribution < -0.4 is 0 Å². The van der Waals surface area contributed by atoms with Gasteiger partial charge in [0.05, 0.1) is 0 Å². The Hall–Kier alpha value is -1.71. The summed E-state index contributed by atoms with van der Waals surface area (Å²) in [7, 11) is 0. The summed E-state index contributed by atoms with van der Waals surface area (Å²) >= 11 is 0. The van der Waals surface area contributed by atoms with Gasteiger partial charge in [0.25, 0.3) is 0 Å². The molecule has 0 radical (unpaired) electrons. The lowest BCUT2D eigenvalue weighted by Gasteiger charge is -2.02. The molecule has 0 unspecified atom stereocenters. The van der Waals surface area contributed by atoms with E-state index < -0.39 is 5.97 Å². The van der Waals surface area contributed by atoms with E-state index >= 15 is 0 Å². The van der Waals surface area contributed by atoms with Gasteiger partial charge < -0.3 is 5.11 Å². The van der Waals surface area contributed by atoms with Crippen molar-refractivity contribution in [2.24, 2.45) is 0 Å². The molecule has 0 spiro atoms. The first kappa shape index (κ1) is 13.4. The van der Waals surface area contributed by atoms with Gasteiger partial charge in [-0.2, -0.15) is 0 Å². The number of rotatable bonds is 7. The van der Waals surface area contributed by atoms with Crippen molar-refractivity contribution in [1.29, 1.82) is 0 Å². The second-order valence-corrected chi connectivity index (χ2v) is 3.91. The number of hydrogen-bond acceptors (Lipinski definition) is 2. The van der Waals surface area contributed by atoms with E-state index in [0.29, 0.717) is 24.8 Å². The number of carboxylic acids is 1. The molecule has 92 valence electrons. The summed E-state index contributed by atoms with van der Waals surface area (Å²) in [5, 5.41) is 8.42. The van der Waals surface area contributed by atoms with E-state index in [1.165, 1.54) is 6.07 Å². The maximum atomic E-state index is 13.2. The molecule has 1 aromatic rings. The predicted molar refractivity (Wildman–Crippen MR) is 61.2 cm³/mol. The highest BCUT2D eigenvalue weighted by Crippen LogP contribution is 2.10. The molecule has 0 fully saturated rings. The maximum absolute atomic E-state index is 13.2. The standard InChI is InChI=1S/C13H15FO3/c14-12-7-3-1-5-10(12)9-11(15)6-2-4-8-13(16)17/h1,3,5,7H,2,4,6,8-9H2,(H,16,17). The average Bonchev–Trinajstić information content (AvgIpc) is 2.27. The first-order valence-corrected chi connectivity index (χ1v) is 5.56. The Morgan fingerprint density at radius 2 is 1.76 bits per heavy atom. The normalized spacial score (nSPS) is 10.2. The van der Waals surface area contributed by atoms with Crippen LogP contribution in [-0.2, 0) is 16.0 Å². The first-order chi connectivity index (χ1) is 8.09. The highest BCUT2D eigenvalue weighted by molar-refractivity contribution is 5.80. The van der Waals surface area contributed by atoms with Gasteiger partial charge in [-0.05, 0) is 24.5 Å². The number of ketones is 1. The summed E-state index contributed by atoms with van der Waals surface area (Å²) in [4.78, 5) is 21.7. The first-order valence-electron chi connectivity index (χ1n) is 5.56. The lowest BCUT2D eigenvalue weighted by molar-refractivity contribution is -0.137. The van der Waals surface area contributed by atoms with Gasteiger partial charge in [-0.1, -0.05) is 18.2 Å². The number of carbonyl (C=O) groups is 2. The molecule has 1 rings (SSSR count). The van der Waals surface area contributed by atoms with Crippen molar-refractivity contribution in [3.05, 3.63) is 35.6 Å². The summed E-state index contributed by atoms with van der Waals surface area (Å²) in [6, 6.07) is 6.18. The summed E-state index contributed by atoms with van der Waals surface area (Å²) in [6.07, 6.45) is 1.49. The number of benzene rings is 1. The lowest BCUT2D eigenvalue weighted by atomic mass is 10.0. The van der Waals surface area contributed by atoms with Gasteiger partial charge in [0.15, 0.2) is 0 Å². The molecule has 0 amide bonds. The van der Waals surface area contributed by atoms with Crippen LogP contribution in [0.25, 0.3) is 0 Å². The van der Waals surface area contributed by atoms with Crippen molar-refractivity contribution in [3.8, 4) is 0 Å². The second kappa shape index (κ2) is 6.78. The Balaban J connectivity index is 2.30. The molecule has 0 atom stereocenters. The van der Waals surface area contributed by atoms with Crippen LogP contribution >= 0.6 is 0 Å². The van der Waals surface area contributed by atoms with Crippen LogP contribution in [0.4, 0.5) is 4.39 Å². The smallest absolute Gasteiger partial charge is 0.303 e. The molecule has 0 saturated carbocycles. The Morgan fingerprint density at radius 3 is 2.41 bits per heavy atom. The minimum Gasteiger partial charge on any atom is -0.481 e. The van der Waals surface area contributed by atoms with Gasteiger partial charge in [-0.25, -0.2) is 4.39 Å². The zero-order valence-electron chi connectivity index (χ0n) is 9.49. The molecule has 0 saturated heterocycles. The van der Waals surface area contributed by atoms with Gasteiger partial charge in [0.2, 0.25) is 0 Å². The Kier molecular flexibility index (Phi) is 5.33. The third kappa shape index (κ3) is 5.24. The topological polar surface area (TPSA) is 54.4 Å². The molecule has 4 heteroatoms. The van der Waals surface area contributed by atoms with Crippen molar-refractivity contribution in [1.82, 2.24) is 0 Å². The van der Waals surface area contributed by atoms with Gasteiger partial charge in [-0.15, -0.1) is 0 Å². The van der Waals surface area contributed by atoms with Crippen molar-refractivity contribution in [2.45, 2.75) is 32.1 Å². The summed E-state index contributed by atoms with van der Waals surface area (Å²) < 4.78 is 13.2. The summed E-state index contributed by atoms with van der Waals surface area (Å²) in [5.74, 6) is -1.28. The summed E-state index contributed by atoms with van der Waals surface area (Å²) in [6.45, 7) is 0. The van der Waals surface area contributed by atoms with E-state index in [4.69, 9.17) is 5.11 Å². The van der Waals surface area contributed by atoms with Crippen LogP contribution in [0.5, 0.6) is 0 Å². The number of carboxylic acid groups (broad SMARTS) is 1. The second-order valence-electron chi connectivity index (χ2n) is 3.91. The molecular formula is C13H15FO3.